The van der Waals surface area contributed by atoms with E-state index in [-0.39, 0.29) is 17.5 Å². The zero-order valence-corrected chi connectivity index (χ0v) is 11.1. The summed E-state index contributed by atoms with van der Waals surface area (Å²) >= 11 is 0. The van der Waals surface area contributed by atoms with E-state index < -0.39 is 0 Å². The Hall–Kier alpha value is -1.51. The predicted octanol–water partition coefficient (Wildman–Crippen LogP) is 4.02. The van der Waals surface area contributed by atoms with E-state index in [4.69, 9.17) is 9.15 Å². The van der Waals surface area contributed by atoms with Gasteiger partial charge in [-0.3, -0.25) is 0 Å². The number of cyclic esters (lactones) is 1. The van der Waals surface area contributed by atoms with Crippen LogP contribution in [0.5, 0.6) is 0 Å². The summed E-state index contributed by atoms with van der Waals surface area (Å²) in [5.41, 5.74) is 0.296. The Labute approximate surface area is 108 Å². The standard InChI is InChI=1S/C15H20O3/c1-4-6-9-15(5-2)11(3)14(16)18-13(15)12-8-7-10-17-12/h7-8,10,13H,3-6,9H2,1-2H3/t13-,15+/m1/s1. The van der Waals surface area contributed by atoms with Crippen molar-refractivity contribution < 1.29 is 13.9 Å². The maximum Gasteiger partial charge on any atom is 0.334 e. The molecule has 0 bridgehead atoms. The van der Waals surface area contributed by atoms with Gasteiger partial charge in [-0.05, 0) is 25.0 Å². The van der Waals surface area contributed by atoms with Crippen LogP contribution in [0.3, 0.4) is 0 Å². The summed E-state index contributed by atoms with van der Waals surface area (Å²) in [6.07, 6.45) is 5.20. The van der Waals surface area contributed by atoms with Crippen LogP contribution in [0, 0.1) is 5.41 Å². The molecular formula is C15H20O3. The van der Waals surface area contributed by atoms with E-state index in [2.05, 4.69) is 20.4 Å². The fraction of sp³-hybridized carbons (Fsp3) is 0.533. The molecule has 0 saturated carbocycles. The summed E-state index contributed by atoms with van der Waals surface area (Å²) in [4.78, 5) is 11.9. The number of ether oxygens (including phenoxy) is 1. The number of unbranched alkanes of at least 4 members (excludes halogenated alkanes) is 1. The second-order valence-corrected chi connectivity index (χ2v) is 4.89. The van der Waals surface area contributed by atoms with E-state index in [1.807, 2.05) is 12.1 Å². The molecule has 1 aliphatic rings. The van der Waals surface area contributed by atoms with Gasteiger partial charge in [0.05, 0.1) is 6.26 Å². The van der Waals surface area contributed by atoms with Crippen LogP contribution in [-0.4, -0.2) is 5.97 Å². The van der Waals surface area contributed by atoms with Crippen LogP contribution in [0.4, 0.5) is 0 Å². The van der Waals surface area contributed by atoms with Gasteiger partial charge in [-0.25, -0.2) is 4.79 Å². The van der Waals surface area contributed by atoms with Gasteiger partial charge in [0.1, 0.15) is 5.76 Å². The zero-order valence-electron chi connectivity index (χ0n) is 11.1. The Morgan fingerprint density at radius 1 is 1.44 bits per heavy atom. The van der Waals surface area contributed by atoms with E-state index >= 15 is 0 Å². The van der Waals surface area contributed by atoms with Crippen molar-refractivity contribution in [3.63, 3.8) is 0 Å². The lowest BCUT2D eigenvalue weighted by atomic mass is 9.71. The van der Waals surface area contributed by atoms with Crippen LogP contribution in [0.2, 0.25) is 0 Å². The molecule has 2 heterocycles. The Morgan fingerprint density at radius 2 is 2.22 bits per heavy atom. The van der Waals surface area contributed by atoms with Crippen molar-refractivity contribution in [1.82, 2.24) is 0 Å². The highest BCUT2D eigenvalue weighted by Crippen LogP contribution is 2.54. The van der Waals surface area contributed by atoms with Gasteiger partial charge >= 0.3 is 5.97 Å². The molecule has 1 aromatic rings. The predicted molar refractivity (Wildman–Crippen MR) is 68.9 cm³/mol. The Morgan fingerprint density at radius 3 is 2.78 bits per heavy atom. The normalized spacial score (nSPS) is 27.6. The molecule has 3 nitrogen and oxygen atoms in total. The summed E-state index contributed by atoms with van der Waals surface area (Å²) in [5, 5.41) is 0. The lowest BCUT2D eigenvalue weighted by Crippen LogP contribution is -2.25. The van der Waals surface area contributed by atoms with Crippen molar-refractivity contribution in [2.75, 3.05) is 0 Å². The van der Waals surface area contributed by atoms with E-state index in [0.29, 0.717) is 5.57 Å². The minimum Gasteiger partial charge on any atom is -0.465 e. The summed E-state index contributed by atoms with van der Waals surface area (Å²) in [6, 6.07) is 3.69. The first kappa shape index (κ1) is 12.9. The third-order valence-electron chi connectivity index (χ3n) is 3.98. The minimum atomic E-state index is -0.316. The molecule has 1 saturated heterocycles. The van der Waals surface area contributed by atoms with Crippen molar-refractivity contribution in [3.8, 4) is 0 Å². The van der Waals surface area contributed by atoms with Crippen LogP contribution in [0.15, 0.2) is 35.0 Å². The molecule has 2 atom stereocenters. The number of rotatable bonds is 5. The summed E-state index contributed by atoms with van der Waals surface area (Å²) in [7, 11) is 0. The van der Waals surface area contributed by atoms with E-state index in [0.717, 1.165) is 31.4 Å². The van der Waals surface area contributed by atoms with Gasteiger partial charge in [-0.1, -0.05) is 33.3 Å². The van der Waals surface area contributed by atoms with E-state index in [9.17, 15) is 4.79 Å². The van der Waals surface area contributed by atoms with Gasteiger partial charge < -0.3 is 9.15 Å². The number of carbonyl (C=O) groups is 1. The molecular weight excluding hydrogens is 228 g/mol. The van der Waals surface area contributed by atoms with Crippen molar-refractivity contribution in [2.45, 2.75) is 45.6 Å². The van der Waals surface area contributed by atoms with Crippen LogP contribution in [0.25, 0.3) is 0 Å². The number of hydrogen-bond donors (Lipinski definition) is 0. The number of furan rings is 1. The Kier molecular flexibility index (Phi) is 3.60. The average molecular weight is 248 g/mol. The van der Waals surface area contributed by atoms with Crippen molar-refractivity contribution in [2.24, 2.45) is 5.41 Å². The van der Waals surface area contributed by atoms with Gasteiger partial charge in [-0.2, -0.15) is 0 Å². The van der Waals surface area contributed by atoms with Crippen LogP contribution < -0.4 is 0 Å². The fourth-order valence-corrected chi connectivity index (χ4v) is 2.77. The third-order valence-corrected chi connectivity index (χ3v) is 3.98. The van der Waals surface area contributed by atoms with Gasteiger partial charge in [-0.15, -0.1) is 0 Å². The van der Waals surface area contributed by atoms with Crippen molar-refractivity contribution >= 4 is 5.97 Å². The van der Waals surface area contributed by atoms with Crippen LogP contribution in [-0.2, 0) is 9.53 Å². The largest absolute Gasteiger partial charge is 0.465 e. The fourth-order valence-electron chi connectivity index (χ4n) is 2.77. The lowest BCUT2D eigenvalue weighted by Gasteiger charge is -2.31. The smallest absolute Gasteiger partial charge is 0.334 e. The molecule has 3 heteroatoms. The Bertz CT molecular complexity index is 433. The molecule has 0 radical (unpaired) electrons. The summed E-state index contributed by atoms with van der Waals surface area (Å²) < 4.78 is 10.9. The topological polar surface area (TPSA) is 39.4 Å². The molecule has 0 spiro atoms. The first-order chi connectivity index (χ1) is 8.65. The van der Waals surface area contributed by atoms with Crippen molar-refractivity contribution in [1.29, 1.82) is 0 Å². The first-order valence-corrected chi connectivity index (χ1v) is 6.59. The number of esters is 1. The molecule has 0 amide bonds. The Balaban J connectivity index is 2.37. The highest BCUT2D eigenvalue weighted by molar-refractivity contribution is 5.92. The van der Waals surface area contributed by atoms with Gasteiger partial charge in [0.2, 0.25) is 0 Å². The monoisotopic (exact) mass is 248 g/mol. The maximum atomic E-state index is 11.9. The third kappa shape index (κ3) is 1.88. The zero-order chi connectivity index (χ0) is 13.2. The molecule has 0 N–H and O–H groups in total. The highest BCUT2D eigenvalue weighted by Gasteiger charge is 2.52. The van der Waals surface area contributed by atoms with E-state index in [1.54, 1.807) is 6.26 Å². The molecule has 1 aromatic heterocycles. The van der Waals surface area contributed by atoms with Crippen LogP contribution >= 0.6 is 0 Å². The highest BCUT2D eigenvalue weighted by atomic mass is 16.6. The molecule has 0 unspecified atom stereocenters. The van der Waals surface area contributed by atoms with Gasteiger partial charge in [0.25, 0.3) is 0 Å². The average Bonchev–Trinajstić information content (AvgIpc) is 2.97. The van der Waals surface area contributed by atoms with Crippen molar-refractivity contribution in [3.05, 3.63) is 36.3 Å². The van der Waals surface area contributed by atoms with Gasteiger partial charge in [0, 0.05) is 11.0 Å². The molecule has 1 fully saturated rings. The number of carbonyl (C=O) groups excluding carboxylic acids is 1. The summed E-state index contributed by atoms with van der Waals surface area (Å²) in [6.45, 7) is 8.18. The second kappa shape index (κ2) is 5.01. The SMILES string of the molecule is C=C1C(=O)O[C@H](c2ccco2)[C@@]1(CC)CCCC. The molecule has 0 aliphatic carbocycles. The van der Waals surface area contributed by atoms with Gasteiger partial charge in [0.15, 0.2) is 6.10 Å². The lowest BCUT2D eigenvalue weighted by molar-refractivity contribution is -0.141. The summed E-state index contributed by atoms with van der Waals surface area (Å²) in [5.74, 6) is 0.439. The molecule has 18 heavy (non-hydrogen) atoms. The number of hydrogen-bond acceptors (Lipinski definition) is 3. The molecule has 1 aliphatic heterocycles. The first-order valence-electron chi connectivity index (χ1n) is 6.59. The van der Waals surface area contributed by atoms with Crippen LogP contribution in [0.1, 0.15) is 51.4 Å². The quantitative estimate of drug-likeness (QED) is 0.583. The maximum absolute atomic E-state index is 11.9. The molecule has 2 rings (SSSR count). The molecule has 98 valence electrons. The van der Waals surface area contributed by atoms with E-state index in [1.165, 1.54) is 0 Å². The second-order valence-electron chi connectivity index (χ2n) is 4.89. The minimum absolute atomic E-state index is 0.283. The molecule has 0 aromatic carbocycles.